The lowest BCUT2D eigenvalue weighted by molar-refractivity contribution is 0.0684. The van der Waals surface area contributed by atoms with Crippen molar-refractivity contribution < 1.29 is 28.6 Å². The Kier molecular flexibility index (Phi) is 14.7. The van der Waals surface area contributed by atoms with Gasteiger partial charge in [0.1, 0.15) is 22.8 Å². The van der Waals surface area contributed by atoms with E-state index in [0.717, 1.165) is 37.8 Å². The van der Waals surface area contributed by atoms with Gasteiger partial charge in [0.2, 0.25) is 22.8 Å². The highest BCUT2D eigenvalue weighted by molar-refractivity contribution is 5.96. The van der Waals surface area contributed by atoms with E-state index in [1.165, 1.54) is 12.4 Å². The number of piperazine rings is 2. The number of nitrogens with zero attached hydrogens (tertiary/aromatic N) is 10. The van der Waals surface area contributed by atoms with E-state index in [2.05, 4.69) is 20.0 Å². The molecule has 6 rings (SSSR count). The summed E-state index contributed by atoms with van der Waals surface area (Å²) in [6, 6.07) is 5.37. The van der Waals surface area contributed by atoms with Gasteiger partial charge in [0.15, 0.2) is 11.9 Å². The van der Waals surface area contributed by atoms with E-state index in [4.69, 9.17) is 22.9 Å². The Morgan fingerprint density at radius 1 is 0.594 bits per heavy atom. The monoisotopic (exact) mass is 888 g/mol. The van der Waals surface area contributed by atoms with Gasteiger partial charge in [-0.15, -0.1) is 0 Å². The van der Waals surface area contributed by atoms with Crippen molar-refractivity contribution in [2.24, 2.45) is 42.9 Å². The van der Waals surface area contributed by atoms with Crippen molar-refractivity contribution in [1.82, 2.24) is 18.9 Å². The summed E-state index contributed by atoms with van der Waals surface area (Å²) in [5, 5.41) is 18.9. The van der Waals surface area contributed by atoms with Crippen LogP contribution in [0.1, 0.15) is 60.2 Å². The average Bonchev–Trinajstić information content (AvgIpc) is 3.27. The Morgan fingerprint density at radius 3 is 1.28 bits per heavy atom. The van der Waals surface area contributed by atoms with Crippen molar-refractivity contribution >= 4 is 69.0 Å². The van der Waals surface area contributed by atoms with Gasteiger partial charge in [-0.3, -0.25) is 19.6 Å². The molecular weight excluding hydrogens is 835 g/mol. The van der Waals surface area contributed by atoms with Crippen LogP contribution in [0.15, 0.2) is 66.2 Å². The maximum atomic E-state index is 15.3. The van der Waals surface area contributed by atoms with Crippen molar-refractivity contribution in [3.63, 3.8) is 0 Å². The van der Waals surface area contributed by atoms with Crippen LogP contribution >= 0.6 is 0 Å². The van der Waals surface area contributed by atoms with Crippen molar-refractivity contribution in [3.05, 3.63) is 79.9 Å². The summed E-state index contributed by atoms with van der Waals surface area (Å²) in [5.41, 5.74) is 23.8. The largest absolute Gasteiger partial charge is 0.477 e. The molecule has 0 spiro atoms. The highest BCUT2D eigenvalue weighted by Crippen LogP contribution is 2.28. The highest BCUT2D eigenvalue weighted by Gasteiger charge is 2.25. The van der Waals surface area contributed by atoms with E-state index in [1.807, 2.05) is 33.4 Å². The minimum atomic E-state index is -1.36. The predicted molar refractivity (Wildman–Crippen MR) is 244 cm³/mol. The van der Waals surface area contributed by atoms with Crippen LogP contribution in [-0.2, 0) is 13.1 Å². The molecule has 64 heavy (non-hydrogen) atoms. The number of halogens is 2. The lowest BCUT2D eigenvalue weighted by Gasteiger charge is -2.36. The van der Waals surface area contributed by atoms with Crippen molar-refractivity contribution in [2.45, 2.75) is 52.6 Å². The first-order valence-corrected chi connectivity index (χ1v) is 21.1. The number of aromatic nitrogens is 2. The Bertz CT molecular complexity index is 2480. The third kappa shape index (κ3) is 10.3. The van der Waals surface area contributed by atoms with Crippen LogP contribution < -0.4 is 43.6 Å². The number of nitrogens with two attached hydrogens (primary N) is 4. The number of guanidine groups is 4. The molecule has 2 aromatic heterocycles. The quantitative estimate of drug-likeness (QED) is 0.0635. The number of aryl methyl sites for hydroxylation is 2. The summed E-state index contributed by atoms with van der Waals surface area (Å²) in [4.78, 5) is 73.1. The SMILES string of the molecule is CCn1cc(C(=O)O)c(=O)c2cc(F)c(N3CCN(C(N)=NC(N)=NCCCCCCN=C(N)N=C(N)N4CCN(c5cc6c(cc5F)c(=O)c(C(=O)O)cn6CC)CC4)CC3)cc21. The average molecular weight is 889 g/mol. The molecule has 20 nitrogen and oxygen atoms in total. The highest BCUT2D eigenvalue weighted by atomic mass is 19.1. The molecule has 0 radical (unpaired) electrons. The Hall–Kier alpha value is -7.26. The van der Waals surface area contributed by atoms with Crippen LogP contribution in [0.2, 0.25) is 0 Å². The molecule has 342 valence electrons. The number of aliphatic imine (C=N–C) groups is 4. The zero-order valence-electron chi connectivity index (χ0n) is 35.8. The molecule has 0 unspecified atom stereocenters. The van der Waals surface area contributed by atoms with Gasteiger partial charge >= 0.3 is 11.9 Å². The molecule has 2 aliphatic rings. The molecule has 4 heterocycles. The van der Waals surface area contributed by atoms with Crippen LogP contribution in [0.5, 0.6) is 0 Å². The predicted octanol–water partition coefficient (Wildman–Crippen LogP) is 1.79. The molecule has 0 atom stereocenters. The topological polar surface area (TPSA) is 285 Å². The molecule has 0 bridgehead atoms. The number of hydrogen-bond acceptors (Lipinski definition) is 8. The third-order valence-corrected chi connectivity index (χ3v) is 11.4. The minimum Gasteiger partial charge on any atom is -0.477 e. The standard InChI is InChI=1S/C42H54F2N14O6/c1-3-53-23-27(37(61)62)35(59)25-19-29(43)33(21-31(25)53)55-11-15-57(16-12-55)41(47)51-39(45)49-9-7-5-6-8-10-50-40(46)52-42(48)58-17-13-56(14-18-58)34-22-32-26(20-30(34)44)36(60)28(38(63)64)24-54(32)4-2/h19-24H,3-18H2,1-2H3,(H,61,62)(H,63,64)(H4,45,47,49,51)(H4,46,48,50,52). The number of unbranched alkanes of at least 4 members (excludes halogenated alkanes) is 3. The molecule has 22 heteroatoms. The van der Waals surface area contributed by atoms with Gasteiger partial charge in [0, 0.05) is 102 Å². The fraction of sp³-hybridized carbons (Fsp3) is 0.429. The molecule has 0 amide bonds. The van der Waals surface area contributed by atoms with Crippen molar-refractivity contribution in [2.75, 3.05) is 75.2 Å². The van der Waals surface area contributed by atoms with E-state index in [0.29, 0.717) is 101 Å². The minimum absolute atomic E-state index is 0.0109. The maximum absolute atomic E-state index is 15.3. The van der Waals surface area contributed by atoms with Crippen LogP contribution in [-0.4, -0.2) is 130 Å². The number of benzene rings is 2. The molecule has 2 saturated heterocycles. The molecule has 2 aromatic carbocycles. The number of aromatic carboxylic acids is 2. The number of rotatable bonds is 13. The van der Waals surface area contributed by atoms with E-state index < -0.39 is 45.6 Å². The summed E-state index contributed by atoms with van der Waals surface area (Å²) in [6.45, 7) is 8.71. The van der Waals surface area contributed by atoms with Crippen LogP contribution in [0, 0.1) is 11.6 Å². The molecule has 0 aliphatic carbocycles. The number of hydrogen-bond donors (Lipinski definition) is 6. The maximum Gasteiger partial charge on any atom is 0.341 e. The molecule has 0 saturated carbocycles. The number of carboxylic acid groups (broad SMARTS) is 2. The van der Waals surface area contributed by atoms with Crippen molar-refractivity contribution in [3.8, 4) is 0 Å². The second kappa shape index (κ2) is 20.3. The fourth-order valence-corrected chi connectivity index (χ4v) is 7.88. The van der Waals surface area contributed by atoms with E-state index in [9.17, 15) is 29.4 Å². The number of carboxylic acids is 2. The molecule has 2 fully saturated rings. The van der Waals surface area contributed by atoms with Gasteiger partial charge in [-0.05, 0) is 51.0 Å². The lowest BCUT2D eigenvalue weighted by atomic mass is 10.1. The second-order valence-corrected chi connectivity index (χ2v) is 15.3. The van der Waals surface area contributed by atoms with E-state index >= 15 is 8.78 Å². The Balaban J connectivity index is 0.905. The van der Waals surface area contributed by atoms with Gasteiger partial charge in [-0.1, -0.05) is 12.8 Å². The Labute approximate surface area is 366 Å². The lowest BCUT2D eigenvalue weighted by Crippen LogP contribution is -2.51. The van der Waals surface area contributed by atoms with Gasteiger partial charge in [0.05, 0.1) is 22.4 Å². The van der Waals surface area contributed by atoms with Crippen LogP contribution in [0.25, 0.3) is 21.8 Å². The third-order valence-electron chi connectivity index (χ3n) is 11.4. The first kappa shape index (κ1) is 46.2. The summed E-state index contributed by atoms with van der Waals surface area (Å²) < 4.78 is 33.8. The summed E-state index contributed by atoms with van der Waals surface area (Å²) in [5.74, 6) is -3.47. The molecular formula is C42H54F2N14O6. The smallest absolute Gasteiger partial charge is 0.341 e. The molecule has 10 N–H and O–H groups in total. The number of carbonyl (C=O) groups is 2. The zero-order chi connectivity index (χ0) is 46.2. The van der Waals surface area contributed by atoms with Gasteiger partial charge in [0.25, 0.3) is 0 Å². The van der Waals surface area contributed by atoms with Gasteiger partial charge in [-0.25, -0.2) is 18.4 Å². The van der Waals surface area contributed by atoms with Gasteiger partial charge < -0.3 is 61.9 Å². The number of anilines is 2. The molecule has 4 aromatic rings. The second-order valence-electron chi connectivity index (χ2n) is 15.3. The fourth-order valence-electron chi connectivity index (χ4n) is 7.88. The summed E-state index contributed by atoms with van der Waals surface area (Å²) in [7, 11) is 0. The van der Waals surface area contributed by atoms with E-state index in [-0.39, 0.29) is 34.6 Å². The first-order chi connectivity index (χ1) is 30.6. The summed E-state index contributed by atoms with van der Waals surface area (Å²) >= 11 is 0. The summed E-state index contributed by atoms with van der Waals surface area (Å²) in [6.07, 6.45) is 5.82. The zero-order valence-corrected chi connectivity index (χ0v) is 35.8. The van der Waals surface area contributed by atoms with E-state index in [1.54, 1.807) is 21.3 Å². The normalized spacial score (nSPS) is 15.8. The number of fused-ring (bicyclic) bond motifs is 2. The van der Waals surface area contributed by atoms with Crippen LogP contribution in [0.4, 0.5) is 20.2 Å². The first-order valence-electron chi connectivity index (χ1n) is 21.1. The van der Waals surface area contributed by atoms with Crippen LogP contribution in [0.3, 0.4) is 0 Å². The number of pyridine rings is 2. The van der Waals surface area contributed by atoms with Crippen molar-refractivity contribution in [1.29, 1.82) is 0 Å². The van der Waals surface area contributed by atoms with Gasteiger partial charge in [-0.2, -0.15) is 9.98 Å². The molecule has 2 aliphatic heterocycles. The Morgan fingerprint density at radius 2 is 0.953 bits per heavy atom.